The standard InChI is InChI=1S/C24H23FN4O3/c25-18-5-1-2-6-21(18)29-20-7-3-4-17(20)23(28-29)24(31)26-12-13-32-16-9-10-19-15(14-16)8-11-22(30)27-19/h1-2,5-6,9-10,14H,3-4,7-8,11-13H2,(H,26,31)(H,27,30). The van der Waals surface area contributed by atoms with Crippen LogP contribution >= 0.6 is 0 Å². The maximum Gasteiger partial charge on any atom is 0.272 e. The topological polar surface area (TPSA) is 85.2 Å². The number of anilines is 1. The molecular formula is C24H23FN4O3. The number of nitrogens with one attached hydrogen (secondary N) is 2. The van der Waals surface area contributed by atoms with Crippen LogP contribution in [0.1, 0.15) is 40.2 Å². The number of aromatic nitrogens is 2. The zero-order valence-corrected chi connectivity index (χ0v) is 17.5. The summed E-state index contributed by atoms with van der Waals surface area (Å²) in [6, 6.07) is 12.0. The smallest absolute Gasteiger partial charge is 0.272 e. The summed E-state index contributed by atoms with van der Waals surface area (Å²) in [7, 11) is 0. The number of fused-ring (bicyclic) bond motifs is 2. The number of halogens is 1. The van der Waals surface area contributed by atoms with Crippen molar-refractivity contribution in [3.05, 3.63) is 70.8 Å². The Labute approximate surface area is 184 Å². The quantitative estimate of drug-likeness (QED) is 0.584. The zero-order chi connectivity index (χ0) is 22.1. The van der Waals surface area contributed by atoms with Crippen molar-refractivity contribution in [3.8, 4) is 11.4 Å². The Kier molecular flexibility index (Phi) is 5.34. The van der Waals surface area contributed by atoms with E-state index in [0.717, 1.165) is 41.8 Å². The van der Waals surface area contributed by atoms with Crippen molar-refractivity contribution in [2.75, 3.05) is 18.5 Å². The molecule has 3 aromatic rings. The van der Waals surface area contributed by atoms with E-state index in [1.54, 1.807) is 28.9 Å². The number of carbonyl (C=O) groups is 2. The van der Waals surface area contributed by atoms with Gasteiger partial charge in [0, 0.05) is 23.4 Å². The average Bonchev–Trinajstić information content (AvgIpc) is 3.40. The first-order chi connectivity index (χ1) is 15.6. The Bertz CT molecular complexity index is 1200. The fourth-order valence-electron chi connectivity index (χ4n) is 4.31. The van der Waals surface area contributed by atoms with E-state index in [1.165, 1.54) is 6.07 Å². The van der Waals surface area contributed by atoms with Crippen molar-refractivity contribution in [1.29, 1.82) is 0 Å². The predicted molar refractivity (Wildman–Crippen MR) is 117 cm³/mol. The molecule has 0 bridgehead atoms. The third kappa shape index (κ3) is 3.84. The Balaban J connectivity index is 1.22. The van der Waals surface area contributed by atoms with Crippen molar-refractivity contribution in [3.63, 3.8) is 0 Å². The molecular weight excluding hydrogens is 411 g/mol. The van der Waals surface area contributed by atoms with Gasteiger partial charge in [-0.05, 0) is 61.6 Å². The summed E-state index contributed by atoms with van der Waals surface area (Å²) in [6.45, 7) is 0.612. The molecule has 0 saturated heterocycles. The van der Waals surface area contributed by atoms with Crippen molar-refractivity contribution in [2.24, 2.45) is 0 Å². The molecule has 1 aliphatic carbocycles. The molecule has 2 amide bonds. The highest BCUT2D eigenvalue weighted by atomic mass is 19.1. The van der Waals surface area contributed by atoms with Gasteiger partial charge in [0.15, 0.2) is 5.69 Å². The van der Waals surface area contributed by atoms with Crippen LogP contribution in [0.15, 0.2) is 42.5 Å². The van der Waals surface area contributed by atoms with Gasteiger partial charge in [0.2, 0.25) is 5.91 Å². The van der Waals surface area contributed by atoms with E-state index in [0.29, 0.717) is 43.1 Å². The van der Waals surface area contributed by atoms with E-state index in [4.69, 9.17) is 4.74 Å². The number of carbonyl (C=O) groups excluding carboxylic acids is 2. The van der Waals surface area contributed by atoms with Crippen LogP contribution in [0.2, 0.25) is 0 Å². The molecule has 5 rings (SSSR count). The molecule has 0 atom stereocenters. The number of para-hydroxylation sites is 1. The van der Waals surface area contributed by atoms with Crippen LogP contribution in [0, 0.1) is 5.82 Å². The summed E-state index contributed by atoms with van der Waals surface area (Å²) < 4.78 is 21.6. The lowest BCUT2D eigenvalue weighted by Crippen LogP contribution is -2.29. The van der Waals surface area contributed by atoms with Gasteiger partial charge in [0.05, 0.1) is 6.54 Å². The lowest BCUT2D eigenvalue weighted by atomic mass is 10.0. The maximum atomic E-state index is 14.3. The minimum Gasteiger partial charge on any atom is -0.492 e. The summed E-state index contributed by atoms with van der Waals surface area (Å²) >= 11 is 0. The van der Waals surface area contributed by atoms with Gasteiger partial charge in [-0.3, -0.25) is 9.59 Å². The molecule has 2 aliphatic rings. The van der Waals surface area contributed by atoms with Crippen LogP contribution < -0.4 is 15.4 Å². The number of rotatable bonds is 6. The van der Waals surface area contributed by atoms with Gasteiger partial charge in [-0.2, -0.15) is 5.10 Å². The minimum absolute atomic E-state index is 0.0258. The first-order valence-electron chi connectivity index (χ1n) is 10.8. The molecule has 2 heterocycles. The average molecular weight is 434 g/mol. The number of nitrogens with zero attached hydrogens (tertiary/aromatic N) is 2. The highest BCUT2D eigenvalue weighted by molar-refractivity contribution is 5.94. The number of ether oxygens (including phenoxy) is 1. The van der Waals surface area contributed by atoms with Crippen LogP contribution in [-0.4, -0.2) is 34.7 Å². The van der Waals surface area contributed by atoms with Crippen LogP contribution in [0.25, 0.3) is 5.69 Å². The third-order valence-electron chi connectivity index (χ3n) is 5.85. The summed E-state index contributed by atoms with van der Waals surface area (Å²) in [5, 5.41) is 10.1. The molecule has 2 aromatic carbocycles. The minimum atomic E-state index is -0.366. The van der Waals surface area contributed by atoms with Gasteiger partial charge in [-0.1, -0.05) is 12.1 Å². The second-order valence-electron chi connectivity index (χ2n) is 7.96. The summed E-state index contributed by atoms with van der Waals surface area (Å²) in [6.07, 6.45) is 3.60. The number of amides is 2. The van der Waals surface area contributed by atoms with Gasteiger partial charge in [0.25, 0.3) is 5.91 Å². The van der Waals surface area contributed by atoms with Gasteiger partial charge < -0.3 is 15.4 Å². The molecule has 164 valence electrons. The number of aryl methyl sites for hydroxylation is 1. The SMILES string of the molecule is O=C1CCc2cc(OCCNC(=O)c3nn(-c4ccccc4F)c4c3CCC4)ccc2N1. The molecule has 1 aromatic heterocycles. The first-order valence-corrected chi connectivity index (χ1v) is 10.8. The van der Waals surface area contributed by atoms with Crippen molar-refractivity contribution >= 4 is 17.5 Å². The molecule has 32 heavy (non-hydrogen) atoms. The molecule has 1 aliphatic heterocycles. The number of hydrogen-bond donors (Lipinski definition) is 2. The Morgan fingerprint density at radius 1 is 1.16 bits per heavy atom. The lowest BCUT2D eigenvalue weighted by Gasteiger charge is -2.17. The summed E-state index contributed by atoms with van der Waals surface area (Å²) in [5.74, 6) is 0.0707. The molecule has 0 unspecified atom stereocenters. The molecule has 0 saturated carbocycles. The monoisotopic (exact) mass is 434 g/mol. The normalized spacial score (nSPS) is 14.5. The van der Waals surface area contributed by atoms with Crippen LogP contribution in [-0.2, 0) is 24.1 Å². The fourth-order valence-corrected chi connectivity index (χ4v) is 4.31. The van der Waals surface area contributed by atoms with E-state index >= 15 is 0 Å². The second-order valence-corrected chi connectivity index (χ2v) is 7.96. The second kappa shape index (κ2) is 8.45. The summed E-state index contributed by atoms with van der Waals surface area (Å²) in [4.78, 5) is 24.3. The molecule has 0 fully saturated rings. The van der Waals surface area contributed by atoms with E-state index in [1.807, 2.05) is 12.1 Å². The molecule has 2 N–H and O–H groups in total. The predicted octanol–water partition coefficient (Wildman–Crippen LogP) is 3.19. The molecule has 7 nitrogen and oxygen atoms in total. The van der Waals surface area contributed by atoms with Crippen molar-refractivity contribution in [1.82, 2.24) is 15.1 Å². The maximum absolute atomic E-state index is 14.3. The number of benzene rings is 2. The van der Waals surface area contributed by atoms with E-state index in [2.05, 4.69) is 15.7 Å². The van der Waals surface area contributed by atoms with Crippen LogP contribution in [0.5, 0.6) is 5.75 Å². The van der Waals surface area contributed by atoms with E-state index in [-0.39, 0.29) is 17.6 Å². The number of hydrogen-bond acceptors (Lipinski definition) is 4. The molecule has 0 radical (unpaired) electrons. The van der Waals surface area contributed by atoms with Gasteiger partial charge in [-0.25, -0.2) is 9.07 Å². The lowest BCUT2D eigenvalue weighted by molar-refractivity contribution is -0.116. The molecule has 8 heteroatoms. The van der Waals surface area contributed by atoms with Crippen molar-refractivity contribution < 1.29 is 18.7 Å². The summed E-state index contributed by atoms with van der Waals surface area (Å²) in [5.41, 5.74) is 4.37. The highest BCUT2D eigenvalue weighted by Gasteiger charge is 2.27. The van der Waals surface area contributed by atoms with Gasteiger partial charge >= 0.3 is 0 Å². The van der Waals surface area contributed by atoms with Crippen LogP contribution in [0.4, 0.5) is 10.1 Å². The van der Waals surface area contributed by atoms with Crippen molar-refractivity contribution in [2.45, 2.75) is 32.1 Å². The van der Waals surface area contributed by atoms with E-state index in [9.17, 15) is 14.0 Å². The Morgan fingerprint density at radius 2 is 2.03 bits per heavy atom. The first kappa shape index (κ1) is 20.2. The van der Waals surface area contributed by atoms with Gasteiger partial charge in [-0.15, -0.1) is 0 Å². The largest absolute Gasteiger partial charge is 0.492 e. The zero-order valence-electron chi connectivity index (χ0n) is 17.5. The van der Waals surface area contributed by atoms with Gasteiger partial charge in [0.1, 0.15) is 23.9 Å². The third-order valence-corrected chi connectivity index (χ3v) is 5.85. The van der Waals surface area contributed by atoms with Crippen LogP contribution in [0.3, 0.4) is 0 Å². The fraction of sp³-hybridized carbons (Fsp3) is 0.292. The Hall–Kier alpha value is -3.68. The molecule has 0 spiro atoms. The highest BCUT2D eigenvalue weighted by Crippen LogP contribution is 2.29. The Morgan fingerprint density at radius 3 is 2.91 bits per heavy atom. The van der Waals surface area contributed by atoms with E-state index < -0.39 is 0 Å².